The van der Waals surface area contributed by atoms with Crippen LogP contribution in [-0.4, -0.2) is 26.1 Å². The van der Waals surface area contributed by atoms with Crippen LogP contribution in [0.1, 0.15) is 20.8 Å². The molecular weight excluding hydrogens is 168 g/mol. The van der Waals surface area contributed by atoms with Gasteiger partial charge in [-0.15, -0.1) is 0 Å². The lowest BCUT2D eigenvalue weighted by Crippen LogP contribution is -2.19. The Kier molecular flexibility index (Phi) is 3.68. The van der Waals surface area contributed by atoms with Crippen molar-refractivity contribution < 1.29 is 17.4 Å². The van der Waals surface area contributed by atoms with E-state index in [0.717, 1.165) is 0 Å². The first-order valence-electron chi connectivity index (χ1n) is 3.24. The lowest BCUT2D eigenvalue weighted by atomic mass is 10.5. The molecule has 0 saturated heterocycles. The fourth-order valence-corrected chi connectivity index (χ4v) is 1.73. The molecule has 0 aromatic rings. The van der Waals surface area contributed by atoms with Gasteiger partial charge < -0.3 is 0 Å². The van der Waals surface area contributed by atoms with Crippen molar-refractivity contribution in [2.45, 2.75) is 26.9 Å². The van der Waals surface area contributed by atoms with Gasteiger partial charge in [0.2, 0.25) is 0 Å². The Balaban J connectivity index is 4.14. The monoisotopic (exact) mass is 180 g/mol. The van der Waals surface area contributed by atoms with Gasteiger partial charge in [0.15, 0.2) is 0 Å². The second kappa shape index (κ2) is 3.82. The molecule has 0 N–H and O–H groups in total. The lowest BCUT2D eigenvalue weighted by molar-refractivity contribution is -0.114. The molecule has 5 heteroatoms. The number of hydrogen-bond acceptors (Lipinski definition) is 4. The van der Waals surface area contributed by atoms with Gasteiger partial charge in [-0.05, 0) is 20.8 Å². The smallest absolute Gasteiger partial charge is 0.274 e. The molecule has 0 fully saturated rings. The highest BCUT2D eigenvalue weighted by Gasteiger charge is 2.15. The predicted octanol–water partition coefficient (Wildman–Crippen LogP) is 0.330. The summed E-state index contributed by atoms with van der Waals surface area (Å²) in [7, 11) is -3.63. The zero-order valence-corrected chi connectivity index (χ0v) is 7.64. The summed E-state index contributed by atoms with van der Waals surface area (Å²) in [6.45, 7) is 4.40. The molecular formula is C6H12O4S. The molecule has 0 spiro atoms. The largest absolute Gasteiger partial charge is 0.299 e. The Morgan fingerprint density at radius 1 is 1.45 bits per heavy atom. The van der Waals surface area contributed by atoms with Gasteiger partial charge >= 0.3 is 0 Å². The number of rotatable bonds is 4. The van der Waals surface area contributed by atoms with Crippen molar-refractivity contribution in [3.8, 4) is 0 Å². The Morgan fingerprint density at radius 2 is 1.91 bits per heavy atom. The first kappa shape index (κ1) is 10.6. The molecule has 0 aromatic heterocycles. The minimum atomic E-state index is -3.63. The quantitative estimate of drug-likeness (QED) is 0.585. The summed E-state index contributed by atoms with van der Waals surface area (Å²) in [6, 6.07) is 0. The van der Waals surface area contributed by atoms with E-state index in [-0.39, 0.29) is 0 Å². The zero-order valence-electron chi connectivity index (χ0n) is 6.83. The third-order valence-corrected chi connectivity index (χ3v) is 2.16. The third kappa shape index (κ3) is 6.00. The van der Waals surface area contributed by atoms with Crippen molar-refractivity contribution >= 4 is 15.9 Å². The zero-order chi connectivity index (χ0) is 9.07. The summed E-state index contributed by atoms with van der Waals surface area (Å²) in [5.41, 5.74) is 0. The highest BCUT2D eigenvalue weighted by molar-refractivity contribution is 7.87. The molecule has 0 amide bonds. The van der Waals surface area contributed by atoms with E-state index in [1.165, 1.54) is 6.92 Å². The molecule has 0 atom stereocenters. The van der Waals surface area contributed by atoms with E-state index in [1.807, 2.05) is 0 Å². The SMILES string of the molecule is CC(=O)CS(=O)(=O)OC(C)C. The van der Waals surface area contributed by atoms with Gasteiger partial charge in [-0.3, -0.25) is 8.98 Å². The number of carbonyl (C=O) groups excluding carboxylic acids is 1. The van der Waals surface area contributed by atoms with E-state index in [1.54, 1.807) is 13.8 Å². The van der Waals surface area contributed by atoms with Crippen LogP contribution in [0, 0.1) is 0 Å². The highest BCUT2D eigenvalue weighted by atomic mass is 32.2. The van der Waals surface area contributed by atoms with Crippen LogP contribution in [0.5, 0.6) is 0 Å². The van der Waals surface area contributed by atoms with Crippen molar-refractivity contribution in [1.82, 2.24) is 0 Å². The average molecular weight is 180 g/mol. The first-order chi connectivity index (χ1) is 4.83. The van der Waals surface area contributed by atoms with Gasteiger partial charge in [0.25, 0.3) is 10.1 Å². The minimum absolute atomic E-state index is 0.403. The van der Waals surface area contributed by atoms with Crippen molar-refractivity contribution in [2.75, 3.05) is 5.75 Å². The Morgan fingerprint density at radius 3 is 2.18 bits per heavy atom. The van der Waals surface area contributed by atoms with Crippen LogP contribution < -0.4 is 0 Å². The summed E-state index contributed by atoms with van der Waals surface area (Å²) in [6.07, 6.45) is -0.403. The predicted molar refractivity (Wildman–Crippen MR) is 40.7 cm³/mol. The average Bonchev–Trinajstić information content (AvgIpc) is 1.53. The standard InChI is InChI=1S/C6H12O4S/c1-5(2)10-11(8,9)4-6(3)7/h5H,4H2,1-3H3. The van der Waals surface area contributed by atoms with Crippen molar-refractivity contribution in [3.05, 3.63) is 0 Å². The lowest BCUT2D eigenvalue weighted by Gasteiger charge is -2.05. The fraction of sp³-hybridized carbons (Fsp3) is 0.833. The summed E-state index contributed by atoms with van der Waals surface area (Å²) in [4.78, 5) is 10.4. The topological polar surface area (TPSA) is 60.4 Å². The van der Waals surface area contributed by atoms with Crippen molar-refractivity contribution in [1.29, 1.82) is 0 Å². The molecule has 4 nitrogen and oxygen atoms in total. The molecule has 0 unspecified atom stereocenters. The second-order valence-corrected chi connectivity index (χ2v) is 4.15. The molecule has 66 valence electrons. The molecule has 11 heavy (non-hydrogen) atoms. The van der Waals surface area contributed by atoms with Crippen LogP contribution in [0.2, 0.25) is 0 Å². The van der Waals surface area contributed by atoms with E-state index in [2.05, 4.69) is 4.18 Å². The molecule has 0 rings (SSSR count). The van der Waals surface area contributed by atoms with E-state index >= 15 is 0 Å². The number of hydrogen-bond donors (Lipinski definition) is 0. The number of Topliss-reactive ketones (excluding diaryl/α,β-unsaturated/α-hetero) is 1. The summed E-state index contributed by atoms with van der Waals surface area (Å²) in [5.74, 6) is -0.948. The van der Waals surface area contributed by atoms with E-state index < -0.39 is 27.8 Å². The molecule has 0 aromatic carbocycles. The van der Waals surface area contributed by atoms with Crippen molar-refractivity contribution in [3.63, 3.8) is 0 Å². The molecule has 0 aliphatic heterocycles. The number of carbonyl (C=O) groups is 1. The van der Waals surface area contributed by atoms with Crippen LogP contribution >= 0.6 is 0 Å². The van der Waals surface area contributed by atoms with Gasteiger partial charge in [-0.2, -0.15) is 8.42 Å². The van der Waals surface area contributed by atoms with Gasteiger partial charge in [-0.1, -0.05) is 0 Å². The summed E-state index contributed by atoms with van der Waals surface area (Å²) in [5, 5.41) is 0. The minimum Gasteiger partial charge on any atom is -0.299 e. The van der Waals surface area contributed by atoms with Crippen LogP contribution in [0.3, 0.4) is 0 Å². The summed E-state index contributed by atoms with van der Waals surface area (Å²) < 4.78 is 26.1. The van der Waals surface area contributed by atoms with Crippen LogP contribution in [-0.2, 0) is 19.1 Å². The second-order valence-electron chi connectivity index (χ2n) is 2.55. The van der Waals surface area contributed by atoms with Crippen LogP contribution in [0.25, 0.3) is 0 Å². The van der Waals surface area contributed by atoms with Gasteiger partial charge in [0.05, 0.1) is 6.10 Å². The Hall–Kier alpha value is -0.420. The molecule has 0 saturated carbocycles. The van der Waals surface area contributed by atoms with E-state index in [0.29, 0.717) is 0 Å². The fourth-order valence-electron chi connectivity index (χ4n) is 0.576. The molecule has 0 heterocycles. The van der Waals surface area contributed by atoms with Crippen LogP contribution in [0.15, 0.2) is 0 Å². The van der Waals surface area contributed by atoms with Gasteiger partial charge in [0, 0.05) is 0 Å². The maximum absolute atomic E-state index is 10.8. The van der Waals surface area contributed by atoms with E-state index in [4.69, 9.17) is 0 Å². The third-order valence-electron chi connectivity index (χ3n) is 0.719. The first-order valence-corrected chi connectivity index (χ1v) is 4.81. The van der Waals surface area contributed by atoms with Gasteiger partial charge in [0.1, 0.15) is 11.5 Å². The van der Waals surface area contributed by atoms with Crippen molar-refractivity contribution in [2.24, 2.45) is 0 Å². The Labute approximate surface area is 66.7 Å². The molecule has 0 bridgehead atoms. The maximum atomic E-state index is 10.8. The van der Waals surface area contributed by atoms with Gasteiger partial charge in [-0.25, -0.2) is 0 Å². The van der Waals surface area contributed by atoms with E-state index in [9.17, 15) is 13.2 Å². The summed E-state index contributed by atoms with van der Waals surface area (Å²) >= 11 is 0. The maximum Gasteiger partial charge on any atom is 0.274 e. The van der Waals surface area contributed by atoms with Crippen LogP contribution in [0.4, 0.5) is 0 Å². The number of ketones is 1. The normalized spacial score (nSPS) is 12.0. The molecule has 0 radical (unpaired) electrons. The molecule has 0 aliphatic rings. The molecule has 0 aliphatic carbocycles. The highest BCUT2D eigenvalue weighted by Crippen LogP contribution is 1.98. The Bertz CT molecular complexity index is 227.